The molecule has 2 atom stereocenters. The Morgan fingerprint density at radius 3 is 2.78 bits per heavy atom. The molecule has 144 valence electrons. The van der Waals surface area contributed by atoms with Crippen molar-refractivity contribution >= 4 is 5.91 Å². The monoisotopic (exact) mass is 367 g/mol. The number of rotatable bonds is 5. The van der Waals surface area contributed by atoms with Crippen LogP contribution in [0.15, 0.2) is 30.6 Å². The van der Waals surface area contributed by atoms with Crippen LogP contribution in [0.5, 0.6) is 0 Å². The van der Waals surface area contributed by atoms with Gasteiger partial charge in [0.2, 0.25) is 0 Å². The maximum absolute atomic E-state index is 13.3. The van der Waals surface area contributed by atoms with Crippen molar-refractivity contribution in [3.63, 3.8) is 0 Å². The zero-order valence-corrected chi connectivity index (χ0v) is 16.3. The van der Waals surface area contributed by atoms with Gasteiger partial charge in [0.15, 0.2) is 0 Å². The van der Waals surface area contributed by atoms with E-state index in [-0.39, 0.29) is 5.91 Å². The molecule has 2 aromatic heterocycles. The summed E-state index contributed by atoms with van der Waals surface area (Å²) in [6.07, 6.45) is 7.99. The number of pyridine rings is 1. The highest BCUT2D eigenvalue weighted by atomic mass is 16.2. The highest BCUT2D eigenvalue weighted by Crippen LogP contribution is 2.30. The highest BCUT2D eigenvalue weighted by molar-refractivity contribution is 5.93. The van der Waals surface area contributed by atoms with Gasteiger partial charge in [-0.05, 0) is 48.9 Å². The van der Waals surface area contributed by atoms with Crippen LogP contribution in [0.2, 0.25) is 0 Å². The lowest BCUT2D eigenvalue weighted by molar-refractivity contribution is 0.0573. The molecule has 5 heterocycles. The number of nitrogens with zero attached hydrogens (tertiary/aromatic N) is 5. The van der Waals surface area contributed by atoms with Gasteiger partial charge in [-0.25, -0.2) is 0 Å². The maximum atomic E-state index is 13.3. The van der Waals surface area contributed by atoms with Gasteiger partial charge in [0.25, 0.3) is 5.91 Å². The molecule has 6 heteroatoms. The van der Waals surface area contributed by atoms with E-state index in [1.807, 2.05) is 25.5 Å². The Hall–Kier alpha value is -2.21. The fourth-order valence-electron chi connectivity index (χ4n) is 4.56. The number of carbonyl (C=O) groups excluding carboxylic acids is 1. The molecule has 27 heavy (non-hydrogen) atoms. The summed E-state index contributed by atoms with van der Waals surface area (Å²) in [5.41, 5.74) is 3.04. The lowest BCUT2D eigenvalue weighted by Crippen LogP contribution is -2.47. The third-order valence-corrected chi connectivity index (χ3v) is 5.86. The second kappa shape index (κ2) is 7.80. The lowest BCUT2D eigenvalue weighted by atomic mass is 9.94. The molecule has 0 saturated carbocycles. The number of piperidine rings is 1. The smallest absolute Gasteiger partial charge is 0.272 e. The first-order valence-electron chi connectivity index (χ1n) is 10.1. The molecular formula is C21H29N5O. The summed E-state index contributed by atoms with van der Waals surface area (Å²) in [4.78, 5) is 22.0. The molecule has 3 aliphatic heterocycles. The van der Waals surface area contributed by atoms with E-state index in [1.165, 1.54) is 12.0 Å². The maximum Gasteiger partial charge on any atom is 0.272 e. The second-order valence-corrected chi connectivity index (χ2v) is 8.00. The topological polar surface area (TPSA) is 54.3 Å². The Kier molecular flexibility index (Phi) is 5.25. The molecule has 0 radical (unpaired) electrons. The van der Waals surface area contributed by atoms with Crippen LogP contribution >= 0.6 is 0 Å². The van der Waals surface area contributed by atoms with Gasteiger partial charge < -0.3 is 4.90 Å². The molecule has 0 unspecified atom stereocenters. The van der Waals surface area contributed by atoms with Gasteiger partial charge in [-0.1, -0.05) is 13.3 Å². The van der Waals surface area contributed by atoms with Crippen LogP contribution in [-0.2, 0) is 20.0 Å². The molecular weight excluding hydrogens is 338 g/mol. The summed E-state index contributed by atoms with van der Waals surface area (Å²) >= 11 is 0. The van der Waals surface area contributed by atoms with Crippen molar-refractivity contribution in [2.75, 3.05) is 19.6 Å². The normalized spacial score (nSPS) is 22.8. The summed E-state index contributed by atoms with van der Waals surface area (Å²) in [6.45, 7) is 5.95. The number of carbonyl (C=O) groups is 1. The minimum Gasteiger partial charge on any atom is -0.333 e. The fraction of sp³-hybridized carbons (Fsp3) is 0.571. The summed E-state index contributed by atoms with van der Waals surface area (Å²) in [6, 6.07) is 6.45. The molecule has 2 aromatic rings. The summed E-state index contributed by atoms with van der Waals surface area (Å²) < 4.78 is 1.76. The fourth-order valence-corrected chi connectivity index (χ4v) is 4.56. The quantitative estimate of drug-likeness (QED) is 0.815. The molecule has 2 bridgehead atoms. The van der Waals surface area contributed by atoms with Crippen molar-refractivity contribution in [2.45, 2.75) is 45.2 Å². The van der Waals surface area contributed by atoms with Crippen molar-refractivity contribution in [1.29, 1.82) is 0 Å². The molecule has 3 saturated heterocycles. The molecule has 0 N–H and O–H groups in total. The molecule has 0 aromatic carbocycles. The van der Waals surface area contributed by atoms with E-state index in [4.69, 9.17) is 0 Å². The van der Waals surface area contributed by atoms with E-state index in [1.54, 1.807) is 4.68 Å². The largest absolute Gasteiger partial charge is 0.333 e. The first-order valence-corrected chi connectivity index (χ1v) is 10.1. The lowest BCUT2D eigenvalue weighted by Gasteiger charge is -2.36. The van der Waals surface area contributed by atoms with Crippen molar-refractivity contribution in [3.05, 3.63) is 47.5 Å². The summed E-state index contributed by atoms with van der Waals surface area (Å²) in [7, 11) is 1.89. The van der Waals surface area contributed by atoms with Crippen LogP contribution in [-0.4, -0.2) is 56.1 Å². The van der Waals surface area contributed by atoms with Gasteiger partial charge in [0, 0.05) is 51.7 Å². The number of aryl methyl sites for hydroxylation is 2. The van der Waals surface area contributed by atoms with Crippen LogP contribution in [0.4, 0.5) is 0 Å². The van der Waals surface area contributed by atoms with Crippen molar-refractivity contribution < 1.29 is 4.79 Å². The number of aromatic nitrogens is 3. The zero-order valence-electron chi connectivity index (χ0n) is 16.3. The Labute approximate surface area is 161 Å². The average molecular weight is 367 g/mol. The predicted octanol–water partition coefficient (Wildman–Crippen LogP) is 2.50. The standard InChI is InChI=1S/C21H29N5O/c1-3-4-18-11-20(24(2)23-18)21(27)26-14-17-5-6-19(26)15-25(13-17)12-16-7-9-22-10-8-16/h7-11,17,19H,3-6,12-15H2,1-2H3/t17-,19+/m0/s1. The second-order valence-electron chi connectivity index (χ2n) is 8.00. The molecule has 1 amide bonds. The predicted molar refractivity (Wildman–Crippen MR) is 104 cm³/mol. The molecule has 5 rings (SSSR count). The molecule has 6 nitrogen and oxygen atoms in total. The van der Waals surface area contributed by atoms with Crippen LogP contribution in [0, 0.1) is 5.92 Å². The van der Waals surface area contributed by atoms with Gasteiger partial charge in [0.05, 0.1) is 5.69 Å². The van der Waals surface area contributed by atoms with E-state index in [2.05, 4.69) is 38.9 Å². The van der Waals surface area contributed by atoms with Gasteiger partial charge in [0.1, 0.15) is 5.69 Å². The average Bonchev–Trinajstić information content (AvgIpc) is 2.83. The van der Waals surface area contributed by atoms with Crippen LogP contribution in [0.3, 0.4) is 0 Å². The number of fused-ring (bicyclic) bond motifs is 4. The Morgan fingerprint density at radius 1 is 1.19 bits per heavy atom. The Bertz CT molecular complexity index is 787. The van der Waals surface area contributed by atoms with E-state index < -0.39 is 0 Å². The first-order chi connectivity index (χ1) is 13.1. The van der Waals surface area contributed by atoms with E-state index in [9.17, 15) is 4.79 Å². The molecule has 3 aliphatic rings. The van der Waals surface area contributed by atoms with E-state index >= 15 is 0 Å². The Morgan fingerprint density at radius 2 is 2.00 bits per heavy atom. The van der Waals surface area contributed by atoms with Gasteiger partial charge in [-0.3, -0.25) is 19.4 Å². The highest BCUT2D eigenvalue weighted by Gasteiger charge is 2.38. The van der Waals surface area contributed by atoms with Gasteiger partial charge in [-0.2, -0.15) is 5.10 Å². The minimum atomic E-state index is 0.146. The van der Waals surface area contributed by atoms with Crippen molar-refractivity contribution in [1.82, 2.24) is 24.6 Å². The number of hydrogen-bond donors (Lipinski definition) is 0. The molecule has 0 spiro atoms. The Balaban J connectivity index is 1.49. The zero-order chi connectivity index (χ0) is 18.8. The first kappa shape index (κ1) is 18.2. The summed E-state index contributed by atoms with van der Waals surface area (Å²) in [5.74, 6) is 0.700. The number of hydrogen-bond acceptors (Lipinski definition) is 4. The summed E-state index contributed by atoms with van der Waals surface area (Å²) in [5, 5.41) is 4.53. The van der Waals surface area contributed by atoms with E-state index in [0.717, 1.165) is 56.8 Å². The van der Waals surface area contributed by atoms with Gasteiger partial charge in [-0.15, -0.1) is 0 Å². The van der Waals surface area contributed by atoms with Crippen LogP contribution in [0.25, 0.3) is 0 Å². The van der Waals surface area contributed by atoms with Crippen LogP contribution in [0.1, 0.15) is 47.9 Å². The molecule has 3 fully saturated rings. The number of amides is 1. The van der Waals surface area contributed by atoms with Crippen molar-refractivity contribution in [2.24, 2.45) is 13.0 Å². The SMILES string of the molecule is CCCc1cc(C(=O)N2C[C@H]3CC[C@@H]2CN(Cc2ccncc2)C3)n(C)n1. The minimum absolute atomic E-state index is 0.146. The van der Waals surface area contributed by atoms with Crippen molar-refractivity contribution in [3.8, 4) is 0 Å². The third kappa shape index (κ3) is 3.90. The molecule has 0 aliphatic carbocycles. The third-order valence-electron chi connectivity index (χ3n) is 5.86. The van der Waals surface area contributed by atoms with E-state index in [0.29, 0.717) is 12.0 Å². The van der Waals surface area contributed by atoms with Crippen LogP contribution < -0.4 is 0 Å². The van der Waals surface area contributed by atoms with Gasteiger partial charge >= 0.3 is 0 Å².